The maximum Gasteiger partial charge on any atom is 0.303 e. The normalized spacial score (nSPS) is 12.8. The van der Waals surface area contributed by atoms with Gasteiger partial charge in [-0.25, -0.2) is 4.98 Å². The Hall–Kier alpha value is -2.11. The van der Waals surface area contributed by atoms with Crippen LogP contribution in [0.5, 0.6) is 0 Å². The van der Waals surface area contributed by atoms with Crippen molar-refractivity contribution >= 4 is 18.0 Å². The Kier molecular flexibility index (Phi) is 6.49. The summed E-state index contributed by atoms with van der Waals surface area (Å²) in [5, 5.41) is 11.6. The molecule has 1 rings (SSSR count). The van der Waals surface area contributed by atoms with Crippen LogP contribution in [0, 0.1) is 11.8 Å². The first kappa shape index (κ1) is 15.9. The number of nitrogens with one attached hydrogen (secondary N) is 2. The summed E-state index contributed by atoms with van der Waals surface area (Å²) in [5.41, 5.74) is 0. The first-order chi connectivity index (χ1) is 9.47. The smallest absolute Gasteiger partial charge is 0.303 e. The summed E-state index contributed by atoms with van der Waals surface area (Å²) < 4.78 is 0. The van der Waals surface area contributed by atoms with E-state index in [1.54, 1.807) is 18.5 Å². The SMILES string of the molecule is CC(C)C[C@H](CNC(=O)/C=C/c1ncc[nH]1)CC(=O)O. The lowest BCUT2D eigenvalue weighted by atomic mass is 9.94. The second-order valence-electron chi connectivity index (χ2n) is 5.15. The third kappa shape index (κ3) is 6.72. The highest BCUT2D eigenvalue weighted by atomic mass is 16.4. The molecule has 0 aliphatic rings. The highest BCUT2D eigenvalue weighted by Gasteiger charge is 2.15. The van der Waals surface area contributed by atoms with Crippen molar-refractivity contribution in [3.05, 3.63) is 24.3 Å². The average molecular weight is 279 g/mol. The van der Waals surface area contributed by atoms with Gasteiger partial charge in [-0.3, -0.25) is 9.59 Å². The third-order valence-electron chi connectivity index (χ3n) is 2.74. The zero-order valence-corrected chi connectivity index (χ0v) is 11.8. The van der Waals surface area contributed by atoms with Gasteiger partial charge in [-0.15, -0.1) is 0 Å². The molecule has 1 aromatic rings. The summed E-state index contributed by atoms with van der Waals surface area (Å²) in [6.45, 7) is 4.44. The molecule has 3 N–H and O–H groups in total. The minimum atomic E-state index is -0.837. The molecule has 6 heteroatoms. The van der Waals surface area contributed by atoms with E-state index in [2.05, 4.69) is 15.3 Å². The zero-order chi connectivity index (χ0) is 15.0. The molecule has 0 bridgehead atoms. The van der Waals surface area contributed by atoms with Crippen LogP contribution in [0.1, 0.15) is 32.5 Å². The summed E-state index contributed by atoms with van der Waals surface area (Å²) in [6.07, 6.45) is 7.07. The van der Waals surface area contributed by atoms with Crippen LogP contribution in [0.25, 0.3) is 6.08 Å². The van der Waals surface area contributed by atoms with E-state index >= 15 is 0 Å². The Labute approximate surface area is 118 Å². The highest BCUT2D eigenvalue weighted by Crippen LogP contribution is 2.14. The number of carbonyl (C=O) groups excluding carboxylic acids is 1. The molecule has 20 heavy (non-hydrogen) atoms. The molecular formula is C14H21N3O3. The monoisotopic (exact) mass is 279 g/mol. The fraction of sp³-hybridized carbons (Fsp3) is 0.500. The standard InChI is InChI=1S/C14H21N3O3/c1-10(2)7-11(8-14(19)20)9-17-13(18)4-3-12-15-5-6-16-12/h3-6,10-11H,7-9H2,1-2H3,(H,15,16)(H,17,18)(H,19,20)/b4-3+/t11-/m0/s1. The lowest BCUT2D eigenvalue weighted by Gasteiger charge is -2.17. The number of amides is 1. The first-order valence-electron chi connectivity index (χ1n) is 6.64. The Balaban J connectivity index is 2.41. The number of carboxylic acid groups (broad SMARTS) is 1. The molecule has 0 saturated carbocycles. The number of aliphatic carboxylic acids is 1. The second kappa shape index (κ2) is 8.14. The Bertz CT molecular complexity index is 452. The van der Waals surface area contributed by atoms with Gasteiger partial charge in [0.25, 0.3) is 0 Å². The Morgan fingerprint density at radius 3 is 2.80 bits per heavy atom. The Morgan fingerprint density at radius 1 is 1.50 bits per heavy atom. The van der Waals surface area contributed by atoms with Crippen molar-refractivity contribution in [2.24, 2.45) is 11.8 Å². The summed E-state index contributed by atoms with van der Waals surface area (Å²) in [4.78, 5) is 29.2. The molecule has 0 aliphatic heterocycles. The van der Waals surface area contributed by atoms with Crippen LogP contribution in [-0.4, -0.2) is 33.5 Å². The summed E-state index contributed by atoms with van der Waals surface area (Å²) in [7, 11) is 0. The fourth-order valence-corrected chi connectivity index (χ4v) is 1.98. The first-order valence-corrected chi connectivity index (χ1v) is 6.64. The average Bonchev–Trinajstić information content (AvgIpc) is 2.85. The number of carboxylic acids is 1. The van der Waals surface area contributed by atoms with Crippen LogP contribution in [0.2, 0.25) is 0 Å². The molecule has 0 spiro atoms. The maximum atomic E-state index is 11.6. The molecule has 0 saturated heterocycles. The molecule has 0 aliphatic carbocycles. The number of hydrogen-bond acceptors (Lipinski definition) is 3. The molecule has 0 fully saturated rings. The number of rotatable bonds is 8. The fourth-order valence-electron chi connectivity index (χ4n) is 1.98. The van der Waals surface area contributed by atoms with E-state index in [0.29, 0.717) is 18.3 Å². The predicted octanol–water partition coefficient (Wildman–Crippen LogP) is 1.68. The minimum absolute atomic E-state index is 0.0477. The van der Waals surface area contributed by atoms with E-state index in [1.165, 1.54) is 6.08 Å². The molecule has 6 nitrogen and oxygen atoms in total. The number of imidazole rings is 1. The summed E-state index contributed by atoms with van der Waals surface area (Å²) in [5.74, 6) is -0.135. The van der Waals surface area contributed by atoms with Gasteiger partial charge in [0.2, 0.25) is 5.91 Å². The molecule has 1 aromatic heterocycles. The van der Waals surface area contributed by atoms with Crippen molar-refractivity contribution in [3.8, 4) is 0 Å². The molecular weight excluding hydrogens is 258 g/mol. The van der Waals surface area contributed by atoms with E-state index in [4.69, 9.17) is 5.11 Å². The van der Waals surface area contributed by atoms with E-state index in [9.17, 15) is 9.59 Å². The van der Waals surface area contributed by atoms with Crippen LogP contribution in [0.3, 0.4) is 0 Å². The second-order valence-corrected chi connectivity index (χ2v) is 5.15. The van der Waals surface area contributed by atoms with Crippen molar-refractivity contribution in [2.75, 3.05) is 6.54 Å². The van der Waals surface area contributed by atoms with Crippen LogP contribution >= 0.6 is 0 Å². The largest absolute Gasteiger partial charge is 0.481 e. The zero-order valence-electron chi connectivity index (χ0n) is 11.8. The molecule has 0 radical (unpaired) electrons. The van der Waals surface area contributed by atoms with Gasteiger partial charge in [0.15, 0.2) is 0 Å². The lowest BCUT2D eigenvalue weighted by molar-refractivity contribution is -0.138. The van der Waals surface area contributed by atoms with Crippen LogP contribution in [-0.2, 0) is 9.59 Å². The molecule has 0 aromatic carbocycles. The molecule has 1 amide bonds. The maximum absolute atomic E-state index is 11.6. The van der Waals surface area contributed by atoms with E-state index < -0.39 is 5.97 Å². The highest BCUT2D eigenvalue weighted by molar-refractivity contribution is 5.91. The quantitative estimate of drug-likeness (QED) is 0.631. The number of H-pyrrole nitrogens is 1. The Morgan fingerprint density at radius 2 is 2.25 bits per heavy atom. The van der Waals surface area contributed by atoms with Gasteiger partial charge < -0.3 is 15.4 Å². The summed E-state index contributed by atoms with van der Waals surface area (Å²) in [6, 6.07) is 0. The lowest BCUT2D eigenvalue weighted by Crippen LogP contribution is -2.29. The van der Waals surface area contributed by atoms with Gasteiger partial charge in [-0.2, -0.15) is 0 Å². The topological polar surface area (TPSA) is 95.1 Å². The predicted molar refractivity (Wildman–Crippen MR) is 75.8 cm³/mol. The van der Waals surface area contributed by atoms with Gasteiger partial charge in [0, 0.05) is 31.4 Å². The van der Waals surface area contributed by atoms with Gasteiger partial charge in [-0.1, -0.05) is 13.8 Å². The van der Waals surface area contributed by atoms with Crippen molar-refractivity contribution in [1.82, 2.24) is 15.3 Å². The number of carbonyl (C=O) groups is 2. The number of hydrogen-bond donors (Lipinski definition) is 3. The van der Waals surface area contributed by atoms with Crippen LogP contribution in [0.15, 0.2) is 18.5 Å². The van der Waals surface area contributed by atoms with Gasteiger partial charge >= 0.3 is 5.97 Å². The van der Waals surface area contributed by atoms with E-state index in [1.807, 2.05) is 13.8 Å². The summed E-state index contributed by atoms with van der Waals surface area (Å²) >= 11 is 0. The van der Waals surface area contributed by atoms with Gasteiger partial charge in [0.1, 0.15) is 5.82 Å². The van der Waals surface area contributed by atoms with E-state index in [0.717, 1.165) is 6.42 Å². The third-order valence-corrected chi connectivity index (χ3v) is 2.74. The van der Waals surface area contributed by atoms with Crippen molar-refractivity contribution in [2.45, 2.75) is 26.7 Å². The van der Waals surface area contributed by atoms with Crippen molar-refractivity contribution in [1.29, 1.82) is 0 Å². The number of aromatic amines is 1. The van der Waals surface area contributed by atoms with Crippen LogP contribution in [0.4, 0.5) is 0 Å². The van der Waals surface area contributed by atoms with Gasteiger partial charge in [-0.05, 0) is 24.3 Å². The minimum Gasteiger partial charge on any atom is -0.481 e. The molecule has 110 valence electrons. The number of aromatic nitrogens is 2. The molecule has 1 atom stereocenters. The molecule has 0 unspecified atom stereocenters. The van der Waals surface area contributed by atoms with Crippen molar-refractivity contribution < 1.29 is 14.7 Å². The van der Waals surface area contributed by atoms with Crippen molar-refractivity contribution in [3.63, 3.8) is 0 Å². The van der Waals surface area contributed by atoms with Crippen LogP contribution < -0.4 is 5.32 Å². The number of nitrogens with zero attached hydrogens (tertiary/aromatic N) is 1. The molecule has 1 heterocycles. The van der Waals surface area contributed by atoms with Gasteiger partial charge in [0.05, 0.1) is 0 Å². The van der Waals surface area contributed by atoms with E-state index in [-0.39, 0.29) is 18.2 Å².